The minimum absolute atomic E-state index is 0.109. The van der Waals surface area contributed by atoms with Crippen LogP contribution >= 0.6 is 11.6 Å². The summed E-state index contributed by atoms with van der Waals surface area (Å²) in [5, 5.41) is 7.17. The molecule has 0 unspecified atom stereocenters. The van der Waals surface area contributed by atoms with Gasteiger partial charge in [0.25, 0.3) is 5.91 Å². The molecule has 1 heterocycles. The maximum absolute atomic E-state index is 12.5. The summed E-state index contributed by atoms with van der Waals surface area (Å²) in [6.07, 6.45) is -4.75. The molecule has 1 N–H and O–H groups in total. The highest BCUT2D eigenvalue weighted by atomic mass is 35.5. The van der Waals surface area contributed by atoms with Crippen molar-refractivity contribution in [3.05, 3.63) is 76.6 Å². The molecule has 1 amide bonds. The van der Waals surface area contributed by atoms with E-state index < -0.39 is 12.3 Å². The largest absolute Gasteiger partial charge is 0.573 e. The summed E-state index contributed by atoms with van der Waals surface area (Å²) >= 11 is 6.34. The number of benzene rings is 2. The van der Waals surface area contributed by atoms with E-state index >= 15 is 0 Å². The zero-order valence-corrected chi connectivity index (χ0v) is 15.4. The topological polar surface area (TPSA) is 56.2 Å². The van der Waals surface area contributed by atoms with E-state index in [0.717, 1.165) is 5.69 Å². The van der Waals surface area contributed by atoms with E-state index in [9.17, 15) is 18.0 Å². The summed E-state index contributed by atoms with van der Waals surface area (Å²) in [4.78, 5) is 12.5. The highest BCUT2D eigenvalue weighted by molar-refractivity contribution is 6.33. The molecule has 0 spiro atoms. The smallest absolute Gasteiger partial charge is 0.406 e. The third kappa shape index (κ3) is 4.64. The van der Waals surface area contributed by atoms with Crippen molar-refractivity contribution in [2.75, 3.05) is 0 Å². The van der Waals surface area contributed by atoms with Crippen LogP contribution in [0.5, 0.6) is 5.75 Å². The molecule has 0 atom stereocenters. The summed E-state index contributed by atoms with van der Waals surface area (Å²) in [5.74, 6) is -0.758. The Morgan fingerprint density at radius 1 is 1.14 bits per heavy atom. The maximum Gasteiger partial charge on any atom is 0.573 e. The second kappa shape index (κ2) is 7.93. The van der Waals surface area contributed by atoms with Crippen molar-refractivity contribution in [2.45, 2.75) is 19.8 Å². The molecular formula is C19H15ClF3N3O2. The molecule has 146 valence electrons. The zero-order chi connectivity index (χ0) is 20.3. The van der Waals surface area contributed by atoms with Crippen LogP contribution in [0.25, 0.3) is 5.69 Å². The zero-order valence-electron chi connectivity index (χ0n) is 14.6. The molecule has 3 aromatic rings. The van der Waals surface area contributed by atoms with Gasteiger partial charge in [0.2, 0.25) is 0 Å². The Labute approximate surface area is 163 Å². The van der Waals surface area contributed by atoms with Gasteiger partial charge in [0, 0.05) is 6.54 Å². The minimum atomic E-state index is -4.75. The summed E-state index contributed by atoms with van der Waals surface area (Å²) in [6, 6.07) is 14.4. The lowest BCUT2D eigenvalue weighted by molar-refractivity contribution is -0.274. The van der Waals surface area contributed by atoms with Gasteiger partial charge in [-0.1, -0.05) is 41.9 Å². The van der Waals surface area contributed by atoms with Crippen LogP contribution in [0.2, 0.25) is 5.15 Å². The first kappa shape index (κ1) is 19.8. The molecule has 2 aromatic carbocycles. The Bertz CT molecular complexity index is 971. The molecule has 5 nitrogen and oxygen atoms in total. The Morgan fingerprint density at radius 2 is 1.79 bits per heavy atom. The van der Waals surface area contributed by atoms with Crippen molar-refractivity contribution in [3.63, 3.8) is 0 Å². The molecule has 0 fully saturated rings. The number of carbonyl (C=O) groups excluding carboxylic acids is 1. The van der Waals surface area contributed by atoms with Gasteiger partial charge >= 0.3 is 6.36 Å². The van der Waals surface area contributed by atoms with Crippen LogP contribution < -0.4 is 10.1 Å². The molecule has 1 aromatic heterocycles. The number of halogens is 4. The molecule has 28 heavy (non-hydrogen) atoms. The Balaban J connectivity index is 1.70. The predicted molar refractivity (Wildman–Crippen MR) is 97.6 cm³/mol. The van der Waals surface area contributed by atoms with Crippen LogP contribution in [0.1, 0.15) is 21.6 Å². The number of nitrogens with one attached hydrogen (secondary N) is 1. The normalized spacial score (nSPS) is 11.3. The third-order valence-electron chi connectivity index (χ3n) is 3.84. The van der Waals surface area contributed by atoms with Crippen LogP contribution in [0.15, 0.2) is 54.6 Å². The van der Waals surface area contributed by atoms with Gasteiger partial charge in [0.15, 0.2) is 0 Å². The van der Waals surface area contributed by atoms with Gasteiger partial charge in [-0.2, -0.15) is 5.10 Å². The van der Waals surface area contributed by atoms with E-state index in [4.69, 9.17) is 11.6 Å². The van der Waals surface area contributed by atoms with Crippen LogP contribution in [-0.4, -0.2) is 22.1 Å². The number of carbonyl (C=O) groups is 1. The van der Waals surface area contributed by atoms with Crippen molar-refractivity contribution < 1.29 is 22.7 Å². The fourth-order valence-electron chi connectivity index (χ4n) is 2.58. The van der Waals surface area contributed by atoms with E-state index in [2.05, 4.69) is 15.2 Å². The van der Waals surface area contributed by atoms with E-state index in [-0.39, 0.29) is 23.0 Å². The standard InChI is InChI=1S/C19H15ClF3N3O2/c1-12-16(17(20)26(25-12)14-5-3-2-4-6-14)18(27)24-11-13-7-9-15(10-8-13)28-19(21,22)23/h2-10H,11H2,1H3,(H,24,27). The number of ether oxygens (including phenoxy) is 1. The van der Waals surface area contributed by atoms with Gasteiger partial charge in [-0.05, 0) is 36.8 Å². The number of rotatable bonds is 5. The summed E-state index contributed by atoms with van der Waals surface area (Å²) in [5.41, 5.74) is 2.02. The summed E-state index contributed by atoms with van der Waals surface area (Å²) < 4.78 is 41.8. The number of nitrogens with zero attached hydrogens (tertiary/aromatic N) is 2. The highest BCUT2D eigenvalue weighted by Crippen LogP contribution is 2.24. The van der Waals surface area contributed by atoms with Crippen LogP contribution in [-0.2, 0) is 6.54 Å². The van der Waals surface area contributed by atoms with E-state index in [1.165, 1.54) is 28.9 Å². The van der Waals surface area contributed by atoms with Crippen molar-refractivity contribution in [3.8, 4) is 11.4 Å². The fraction of sp³-hybridized carbons (Fsp3) is 0.158. The SMILES string of the molecule is Cc1nn(-c2ccccc2)c(Cl)c1C(=O)NCc1ccc(OC(F)(F)F)cc1. The maximum atomic E-state index is 12.5. The van der Waals surface area contributed by atoms with E-state index in [1.54, 1.807) is 6.92 Å². The van der Waals surface area contributed by atoms with Crippen LogP contribution in [0.3, 0.4) is 0 Å². The lowest BCUT2D eigenvalue weighted by Gasteiger charge is -2.10. The number of para-hydroxylation sites is 1. The molecule has 9 heteroatoms. The van der Waals surface area contributed by atoms with Crippen molar-refractivity contribution >= 4 is 17.5 Å². The number of aryl methyl sites for hydroxylation is 1. The van der Waals surface area contributed by atoms with Crippen molar-refractivity contribution in [1.29, 1.82) is 0 Å². The molecule has 0 radical (unpaired) electrons. The molecule has 0 bridgehead atoms. The molecule has 0 saturated heterocycles. The molecule has 0 aliphatic heterocycles. The lowest BCUT2D eigenvalue weighted by atomic mass is 10.2. The van der Waals surface area contributed by atoms with Crippen LogP contribution in [0.4, 0.5) is 13.2 Å². The van der Waals surface area contributed by atoms with Crippen molar-refractivity contribution in [1.82, 2.24) is 15.1 Å². The Hall–Kier alpha value is -3.00. The number of alkyl halides is 3. The van der Waals surface area contributed by atoms with Crippen molar-refractivity contribution in [2.24, 2.45) is 0 Å². The minimum Gasteiger partial charge on any atom is -0.406 e. The number of hydrogen-bond donors (Lipinski definition) is 1. The van der Waals surface area contributed by atoms with Gasteiger partial charge in [-0.25, -0.2) is 4.68 Å². The molecule has 0 saturated carbocycles. The lowest BCUT2D eigenvalue weighted by Crippen LogP contribution is -2.23. The molecular weight excluding hydrogens is 395 g/mol. The summed E-state index contributed by atoms with van der Waals surface area (Å²) in [6.45, 7) is 1.78. The number of hydrogen-bond acceptors (Lipinski definition) is 3. The first-order valence-corrected chi connectivity index (χ1v) is 8.56. The van der Waals surface area contributed by atoms with Gasteiger partial charge in [-0.15, -0.1) is 13.2 Å². The Kier molecular flexibility index (Phi) is 5.60. The first-order valence-electron chi connectivity index (χ1n) is 8.18. The average Bonchev–Trinajstić information content (AvgIpc) is 2.95. The summed E-state index contributed by atoms with van der Waals surface area (Å²) in [7, 11) is 0. The third-order valence-corrected chi connectivity index (χ3v) is 4.19. The first-order chi connectivity index (χ1) is 13.2. The van der Waals surface area contributed by atoms with Gasteiger partial charge in [-0.3, -0.25) is 4.79 Å². The molecule has 3 rings (SSSR count). The highest BCUT2D eigenvalue weighted by Gasteiger charge is 2.31. The predicted octanol–water partition coefficient (Wildman–Crippen LogP) is 4.66. The number of amides is 1. The van der Waals surface area contributed by atoms with E-state index in [0.29, 0.717) is 11.3 Å². The monoisotopic (exact) mass is 409 g/mol. The van der Waals surface area contributed by atoms with Gasteiger partial charge in [0.1, 0.15) is 10.9 Å². The average molecular weight is 410 g/mol. The quantitative estimate of drug-likeness (QED) is 0.666. The van der Waals surface area contributed by atoms with Crippen LogP contribution in [0, 0.1) is 6.92 Å². The van der Waals surface area contributed by atoms with E-state index in [1.807, 2.05) is 30.3 Å². The molecule has 0 aliphatic rings. The van der Waals surface area contributed by atoms with Gasteiger partial charge in [0.05, 0.1) is 16.9 Å². The Morgan fingerprint density at radius 3 is 2.39 bits per heavy atom. The second-order valence-electron chi connectivity index (χ2n) is 5.87. The van der Waals surface area contributed by atoms with Gasteiger partial charge < -0.3 is 10.1 Å². The molecule has 0 aliphatic carbocycles. The fourth-order valence-corrected chi connectivity index (χ4v) is 2.94. The second-order valence-corrected chi connectivity index (χ2v) is 6.23. The number of aromatic nitrogens is 2.